The van der Waals surface area contributed by atoms with E-state index in [0.29, 0.717) is 5.56 Å². The third kappa shape index (κ3) is 3.94. The summed E-state index contributed by atoms with van der Waals surface area (Å²) >= 11 is 10.7. The Morgan fingerprint density at radius 1 is 1.21 bits per heavy atom. The van der Waals surface area contributed by atoms with Gasteiger partial charge in [-0.15, -0.1) is 0 Å². The van der Waals surface area contributed by atoms with Gasteiger partial charge in [0.1, 0.15) is 5.15 Å². The van der Waals surface area contributed by atoms with E-state index in [1.54, 1.807) is 12.1 Å². The fourth-order valence-electron chi connectivity index (χ4n) is 1.21. The molecular weight excluding hydrogens is 286 g/mol. The molecule has 8 heteroatoms. The van der Waals surface area contributed by atoms with E-state index in [9.17, 15) is 4.79 Å². The van der Waals surface area contributed by atoms with Crippen LogP contribution in [0.1, 0.15) is 10.4 Å². The third-order valence-corrected chi connectivity index (χ3v) is 2.43. The van der Waals surface area contributed by atoms with E-state index in [-0.39, 0.29) is 22.1 Å². The zero-order valence-corrected chi connectivity index (χ0v) is 11.1. The van der Waals surface area contributed by atoms with Crippen molar-refractivity contribution in [3.05, 3.63) is 47.5 Å². The molecule has 0 aliphatic carbocycles. The van der Waals surface area contributed by atoms with E-state index in [1.807, 2.05) is 0 Å². The summed E-state index contributed by atoms with van der Waals surface area (Å²) in [5, 5.41) is 5.52. The minimum atomic E-state index is -0.345. The lowest BCUT2D eigenvalue weighted by Gasteiger charge is -2.07. The maximum absolute atomic E-state index is 11.8. The first-order valence-electron chi connectivity index (χ1n) is 5.16. The molecule has 1 amide bonds. The molecule has 0 radical (unpaired) electrons. The first kappa shape index (κ1) is 13.3. The molecule has 2 heterocycles. The zero-order chi connectivity index (χ0) is 13.7. The number of aromatic nitrogens is 3. The molecule has 96 valence electrons. The van der Waals surface area contributed by atoms with E-state index < -0.39 is 0 Å². The molecule has 2 N–H and O–H groups in total. The molecule has 6 nitrogen and oxygen atoms in total. The van der Waals surface area contributed by atoms with Crippen LogP contribution in [-0.4, -0.2) is 26.0 Å². The Morgan fingerprint density at radius 3 is 2.63 bits per heavy atom. The fourth-order valence-corrected chi connectivity index (χ4v) is 1.53. The van der Waals surface area contributed by atoms with Crippen LogP contribution >= 0.6 is 23.8 Å². The molecule has 0 atom stereocenters. The first-order valence-corrected chi connectivity index (χ1v) is 5.94. The number of nitrogens with one attached hydrogen (secondary N) is 2. The average Bonchev–Trinajstić information content (AvgIpc) is 2.39. The first-order chi connectivity index (χ1) is 9.15. The van der Waals surface area contributed by atoms with Crippen molar-refractivity contribution in [1.29, 1.82) is 0 Å². The number of halogens is 1. The van der Waals surface area contributed by atoms with E-state index in [0.717, 1.165) is 0 Å². The van der Waals surface area contributed by atoms with Crippen molar-refractivity contribution in [2.24, 2.45) is 0 Å². The predicted molar refractivity (Wildman–Crippen MR) is 75.0 cm³/mol. The molecular formula is C11H8ClN5OS. The summed E-state index contributed by atoms with van der Waals surface area (Å²) in [5.41, 5.74) is 0.450. The summed E-state index contributed by atoms with van der Waals surface area (Å²) in [6.07, 6.45) is 4.52. The molecule has 0 bridgehead atoms. The van der Waals surface area contributed by atoms with Gasteiger partial charge in [0.15, 0.2) is 5.11 Å². The van der Waals surface area contributed by atoms with E-state index >= 15 is 0 Å². The standard InChI is InChI=1S/C11H8ClN5OS/c12-8-3-6-14-10(15-8)17-11(19)16-9(18)7-1-4-13-5-2-7/h1-6H,(H2,14,15,16,17,18,19). The SMILES string of the molecule is O=C(NC(=S)Nc1nccc(Cl)n1)c1ccncc1. The highest BCUT2D eigenvalue weighted by atomic mass is 35.5. The van der Waals surface area contributed by atoms with Gasteiger partial charge in [-0.1, -0.05) is 11.6 Å². The average molecular weight is 294 g/mol. The highest BCUT2D eigenvalue weighted by molar-refractivity contribution is 7.80. The van der Waals surface area contributed by atoms with Crippen molar-refractivity contribution < 1.29 is 4.79 Å². The Hall–Kier alpha value is -2.12. The zero-order valence-electron chi connectivity index (χ0n) is 9.50. The number of amides is 1. The van der Waals surface area contributed by atoms with Gasteiger partial charge < -0.3 is 5.32 Å². The monoisotopic (exact) mass is 293 g/mol. The van der Waals surface area contributed by atoms with Crippen LogP contribution in [0.3, 0.4) is 0 Å². The van der Waals surface area contributed by atoms with Crippen molar-refractivity contribution in [3.63, 3.8) is 0 Å². The molecule has 0 aromatic carbocycles. The quantitative estimate of drug-likeness (QED) is 0.647. The van der Waals surface area contributed by atoms with E-state index in [1.165, 1.54) is 24.7 Å². The lowest BCUT2D eigenvalue weighted by molar-refractivity contribution is 0.0977. The number of carbonyl (C=O) groups is 1. The Bertz CT molecular complexity index is 607. The van der Waals surface area contributed by atoms with Crippen LogP contribution in [0.5, 0.6) is 0 Å². The summed E-state index contributed by atoms with van der Waals surface area (Å²) in [4.78, 5) is 23.4. The van der Waals surface area contributed by atoms with Crippen LogP contribution in [0.2, 0.25) is 5.15 Å². The van der Waals surface area contributed by atoms with Crippen LogP contribution in [0.15, 0.2) is 36.8 Å². The molecule has 2 aromatic heterocycles. The number of carbonyl (C=O) groups excluding carboxylic acids is 1. The van der Waals surface area contributed by atoms with Gasteiger partial charge in [0.2, 0.25) is 5.95 Å². The Balaban J connectivity index is 1.97. The second-order valence-corrected chi connectivity index (χ2v) is 4.14. The van der Waals surface area contributed by atoms with Gasteiger partial charge in [-0.3, -0.25) is 15.1 Å². The molecule has 0 aliphatic rings. The molecule has 0 fully saturated rings. The number of hydrogen-bond acceptors (Lipinski definition) is 5. The maximum atomic E-state index is 11.8. The summed E-state index contributed by atoms with van der Waals surface area (Å²) in [6.45, 7) is 0. The summed E-state index contributed by atoms with van der Waals surface area (Å²) in [5.74, 6) is -0.130. The van der Waals surface area contributed by atoms with Crippen LogP contribution in [0.4, 0.5) is 5.95 Å². The number of nitrogens with zero attached hydrogens (tertiary/aromatic N) is 3. The van der Waals surface area contributed by atoms with Gasteiger partial charge in [-0.25, -0.2) is 9.97 Å². The third-order valence-electron chi connectivity index (χ3n) is 2.02. The van der Waals surface area contributed by atoms with Crippen molar-refractivity contribution in [2.75, 3.05) is 5.32 Å². The minimum Gasteiger partial charge on any atom is -0.301 e. The largest absolute Gasteiger partial charge is 0.301 e. The minimum absolute atomic E-state index is 0.0871. The normalized spacial score (nSPS) is 9.74. The molecule has 0 saturated carbocycles. The van der Waals surface area contributed by atoms with Gasteiger partial charge in [-0.05, 0) is 30.4 Å². The van der Waals surface area contributed by atoms with Gasteiger partial charge in [0.05, 0.1) is 0 Å². The number of anilines is 1. The van der Waals surface area contributed by atoms with Crippen LogP contribution in [0.25, 0.3) is 0 Å². The van der Waals surface area contributed by atoms with Crippen LogP contribution in [0, 0.1) is 0 Å². The van der Waals surface area contributed by atoms with Gasteiger partial charge in [0.25, 0.3) is 5.91 Å². The summed E-state index contributed by atoms with van der Waals surface area (Å²) in [6, 6.07) is 4.69. The van der Waals surface area contributed by atoms with Crippen LogP contribution in [-0.2, 0) is 0 Å². The Labute approximate surface area is 119 Å². The molecule has 2 rings (SSSR count). The summed E-state index contributed by atoms with van der Waals surface area (Å²) in [7, 11) is 0. The van der Waals surface area contributed by atoms with Gasteiger partial charge in [0, 0.05) is 24.2 Å². The molecule has 0 saturated heterocycles. The van der Waals surface area contributed by atoms with Crippen LogP contribution < -0.4 is 10.6 Å². The molecule has 0 unspecified atom stereocenters. The Kier molecular flexibility index (Phi) is 4.32. The van der Waals surface area contributed by atoms with E-state index in [4.69, 9.17) is 23.8 Å². The highest BCUT2D eigenvalue weighted by Crippen LogP contribution is 2.05. The predicted octanol–water partition coefficient (Wildman–Crippen LogP) is 1.65. The second-order valence-electron chi connectivity index (χ2n) is 3.35. The van der Waals surface area contributed by atoms with Crippen molar-refractivity contribution in [3.8, 4) is 0 Å². The number of pyridine rings is 1. The van der Waals surface area contributed by atoms with E-state index in [2.05, 4.69) is 25.6 Å². The van der Waals surface area contributed by atoms with Crippen molar-refractivity contribution in [1.82, 2.24) is 20.3 Å². The van der Waals surface area contributed by atoms with Gasteiger partial charge >= 0.3 is 0 Å². The Morgan fingerprint density at radius 2 is 1.95 bits per heavy atom. The highest BCUT2D eigenvalue weighted by Gasteiger charge is 2.08. The lowest BCUT2D eigenvalue weighted by Crippen LogP contribution is -2.34. The molecule has 0 aliphatic heterocycles. The number of thiocarbonyl (C=S) groups is 1. The lowest BCUT2D eigenvalue weighted by atomic mass is 10.2. The topological polar surface area (TPSA) is 79.8 Å². The summed E-state index contributed by atoms with van der Waals surface area (Å²) < 4.78 is 0. The molecule has 0 spiro atoms. The number of hydrogen-bond donors (Lipinski definition) is 2. The fraction of sp³-hybridized carbons (Fsp3) is 0. The smallest absolute Gasteiger partial charge is 0.257 e. The number of rotatable bonds is 2. The van der Waals surface area contributed by atoms with Crippen molar-refractivity contribution >= 4 is 40.8 Å². The van der Waals surface area contributed by atoms with Gasteiger partial charge in [-0.2, -0.15) is 0 Å². The second kappa shape index (κ2) is 6.17. The van der Waals surface area contributed by atoms with Crippen molar-refractivity contribution in [2.45, 2.75) is 0 Å². The maximum Gasteiger partial charge on any atom is 0.257 e. The molecule has 19 heavy (non-hydrogen) atoms. The molecule has 2 aromatic rings.